The van der Waals surface area contributed by atoms with Gasteiger partial charge in [-0.15, -0.1) is 0 Å². The number of benzene rings is 1. The second-order valence-electron chi connectivity index (χ2n) is 10.1. The first-order valence-corrected chi connectivity index (χ1v) is 14.7. The minimum atomic E-state index is -0.886. The normalized spacial score (nSPS) is 11.1. The highest BCUT2D eigenvalue weighted by atomic mass is 16.5. The summed E-state index contributed by atoms with van der Waals surface area (Å²) in [5.41, 5.74) is 1.43. The van der Waals surface area contributed by atoms with Crippen LogP contribution in [-0.4, -0.2) is 17.7 Å². The number of hydrogen-bond acceptors (Lipinski definition) is 2. The van der Waals surface area contributed by atoms with Crippen LogP contribution in [0.25, 0.3) is 0 Å². The van der Waals surface area contributed by atoms with E-state index in [0.29, 0.717) is 17.9 Å². The van der Waals surface area contributed by atoms with Crippen LogP contribution in [0.4, 0.5) is 0 Å². The lowest BCUT2D eigenvalue weighted by Crippen LogP contribution is -2.05. The molecule has 0 atom stereocenters. The van der Waals surface area contributed by atoms with E-state index in [0.717, 1.165) is 31.2 Å². The Morgan fingerprint density at radius 3 is 1.56 bits per heavy atom. The molecule has 1 N–H and O–H groups in total. The van der Waals surface area contributed by atoms with E-state index < -0.39 is 5.97 Å². The van der Waals surface area contributed by atoms with Crippen molar-refractivity contribution in [1.82, 2.24) is 0 Å². The third-order valence-electron chi connectivity index (χ3n) is 6.85. The SMILES string of the molecule is CCCCCCCCCCCCOc1ccc(CCCCCCCCCCCC)cc1C(=O)O. The lowest BCUT2D eigenvalue weighted by atomic mass is 10.0. The highest BCUT2D eigenvalue weighted by molar-refractivity contribution is 5.91. The van der Waals surface area contributed by atoms with Crippen LogP contribution in [0.2, 0.25) is 0 Å². The fourth-order valence-electron chi connectivity index (χ4n) is 4.61. The molecule has 1 aromatic carbocycles. The molecule has 196 valence electrons. The molecule has 0 radical (unpaired) electrons. The van der Waals surface area contributed by atoms with E-state index >= 15 is 0 Å². The van der Waals surface area contributed by atoms with Gasteiger partial charge in [-0.2, -0.15) is 0 Å². The first kappa shape index (κ1) is 30.5. The summed E-state index contributed by atoms with van der Waals surface area (Å²) in [6.07, 6.45) is 27.0. The molecular formula is C31H54O3. The van der Waals surface area contributed by atoms with Gasteiger partial charge in [-0.05, 0) is 37.0 Å². The minimum absolute atomic E-state index is 0.316. The summed E-state index contributed by atoms with van der Waals surface area (Å²) in [5, 5.41) is 9.63. The third kappa shape index (κ3) is 16.2. The van der Waals surface area contributed by atoms with E-state index in [2.05, 4.69) is 13.8 Å². The number of carbonyl (C=O) groups is 1. The van der Waals surface area contributed by atoms with Crippen LogP contribution in [0.15, 0.2) is 18.2 Å². The van der Waals surface area contributed by atoms with E-state index in [1.807, 2.05) is 18.2 Å². The van der Waals surface area contributed by atoms with Gasteiger partial charge in [0.2, 0.25) is 0 Å². The lowest BCUT2D eigenvalue weighted by Gasteiger charge is -2.11. The predicted molar refractivity (Wildman–Crippen MR) is 146 cm³/mol. The zero-order chi connectivity index (χ0) is 24.7. The molecule has 0 heterocycles. The van der Waals surface area contributed by atoms with Crippen LogP contribution in [0, 0.1) is 0 Å². The molecule has 0 aromatic heterocycles. The fraction of sp³-hybridized carbons (Fsp3) is 0.774. The van der Waals surface area contributed by atoms with E-state index in [9.17, 15) is 9.90 Å². The van der Waals surface area contributed by atoms with Crippen molar-refractivity contribution in [3.05, 3.63) is 29.3 Å². The molecule has 1 rings (SSSR count). The van der Waals surface area contributed by atoms with Crippen molar-refractivity contribution in [3.8, 4) is 5.75 Å². The topological polar surface area (TPSA) is 46.5 Å². The van der Waals surface area contributed by atoms with Crippen LogP contribution in [0.5, 0.6) is 5.75 Å². The van der Waals surface area contributed by atoms with Crippen molar-refractivity contribution in [2.24, 2.45) is 0 Å². The van der Waals surface area contributed by atoms with Crippen LogP contribution < -0.4 is 4.74 Å². The molecule has 0 bridgehead atoms. The zero-order valence-corrected chi connectivity index (χ0v) is 22.6. The molecule has 0 saturated heterocycles. The summed E-state index contributed by atoms with van der Waals surface area (Å²) < 4.78 is 5.85. The Hall–Kier alpha value is -1.51. The monoisotopic (exact) mass is 474 g/mol. The maximum Gasteiger partial charge on any atom is 0.339 e. The Morgan fingerprint density at radius 1 is 0.647 bits per heavy atom. The Bertz CT molecular complexity index is 611. The Labute approximate surface area is 211 Å². The smallest absolute Gasteiger partial charge is 0.339 e. The molecule has 0 unspecified atom stereocenters. The van der Waals surface area contributed by atoms with Gasteiger partial charge < -0.3 is 9.84 Å². The van der Waals surface area contributed by atoms with Gasteiger partial charge in [0.15, 0.2) is 0 Å². The number of rotatable bonds is 24. The number of aromatic carboxylic acids is 1. The second kappa shape index (κ2) is 22.0. The highest BCUT2D eigenvalue weighted by Crippen LogP contribution is 2.22. The molecule has 0 aliphatic heterocycles. The van der Waals surface area contributed by atoms with Gasteiger partial charge in [-0.25, -0.2) is 4.79 Å². The zero-order valence-electron chi connectivity index (χ0n) is 22.6. The average molecular weight is 475 g/mol. The molecule has 0 fully saturated rings. The van der Waals surface area contributed by atoms with Gasteiger partial charge in [0.05, 0.1) is 6.61 Å². The predicted octanol–water partition coefficient (Wildman–Crippen LogP) is 10.1. The lowest BCUT2D eigenvalue weighted by molar-refractivity contribution is 0.0692. The molecule has 0 saturated carbocycles. The van der Waals surface area contributed by atoms with Crippen LogP contribution in [0.1, 0.15) is 158 Å². The number of carboxylic acids is 1. The molecule has 34 heavy (non-hydrogen) atoms. The van der Waals surface area contributed by atoms with E-state index in [4.69, 9.17) is 4.74 Å². The minimum Gasteiger partial charge on any atom is -0.493 e. The number of hydrogen-bond donors (Lipinski definition) is 1. The van der Waals surface area contributed by atoms with Gasteiger partial charge in [0, 0.05) is 0 Å². The van der Waals surface area contributed by atoms with Crippen molar-refractivity contribution in [2.45, 2.75) is 149 Å². The summed E-state index contributed by atoms with van der Waals surface area (Å²) in [6.45, 7) is 5.13. The summed E-state index contributed by atoms with van der Waals surface area (Å²) >= 11 is 0. The van der Waals surface area contributed by atoms with E-state index in [-0.39, 0.29) is 0 Å². The maximum absolute atomic E-state index is 11.7. The molecule has 3 nitrogen and oxygen atoms in total. The summed E-state index contributed by atoms with van der Waals surface area (Å²) in [7, 11) is 0. The summed E-state index contributed by atoms with van der Waals surface area (Å²) in [4.78, 5) is 11.7. The fourth-order valence-corrected chi connectivity index (χ4v) is 4.61. The summed E-state index contributed by atoms with van der Waals surface area (Å²) in [6, 6.07) is 5.74. The first-order valence-electron chi connectivity index (χ1n) is 14.7. The van der Waals surface area contributed by atoms with Gasteiger partial charge in [0.25, 0.3) is 0 Å². The largest absolute Gasteiger partial charge is 0.493 e. The van der Waals surface area contributed by atoms with Crippen LogP contribution in [0.3, 0.4) is 0 Å². The van der Waals surface area contributed by atoms with Crippen molar-refractivity contribution in [3.63, 3.8) is 0 Å². The molecule has 0 amide bonds. The highest BCUT2D eigenvalue weighted by Gasteiger charge is 2.12. The van der Waals surface area contributed by atoms with Crippen LogP contribution >= 0.6 is 0 Å². The third-order valence-corrected chi connectivity index (χ3v) is 6.85. The maximum atomic E-state index is 11.7. The van der Waals surface area contributed by atoms with E-state index in [1.54, 1.807) is 0 Å². The number of ether oxygens (including phenoxy) is 1. The Balaban J connectivity index is 2.16. The molecule has 0 spiro atoms. The van der Waals surface area contributed by atoms with Gasteiger partial charge in [0.1, 0.15) is 11.3 Å². The number of aryl methyl sites for hydroxylation is 1. The van der Waals surface area contributed by atoms with Gasteiger partial charge in [-0.3, -0.25) is 0 Å². The quantitative estimate of drug-likeness (QED) is 0.152. The van der Waals surface area contributed by atoms with Crippen molar-refractivity contribution >= 4 is 5.97 Å². The van der Waals surface area contributed by atoms with Gasteiger partial charge in [-0.1, -0.05) is 135 Å². The number of carboxylic acid groups (broad SMARTS) is 1. The van der Waals surface area contributed by atoms with Crippen molar-refractivity contribution in [2.75, 3.05) is 6.61 Å². The molecule has 1 aromatic rings. The second-order valence-corrected chi connectivity index (χ2v) is 10.1. The first-order chi connectivity index (χ1) is 16.7. The number of unbranched alkanes of at least 4 members (excludes halogenated alkanes) is 18. The average Bonchev–Trinajstić information content (AvgIpc) is 2.84. The summed E-state index contributed by atoms with van der Waals surface area (Å²) in [5.74, 6) is -0.363. The van der Waals surface area contributed by atoms with Crippen molar-refractivity contribution in [1.29, 1.82) is 0 Å². The molecule has 3 heteroatoms. The Kier molecular flexibility index (Phi) is 19.7. The van der Waals surface area contributed by atoms with Crippen molar-refractivity contribution < 1.29 is 14.6 Å². The van der Waals surface area contributed by atoms with Gasteiger partial charge >= 0.3 is 5.97 Å². The molecule has 0 aliphatic carbocycles. The Morgan fingerprint density at radius 2 is 1.09 bits per heavy atom. The molecule has 0 aliphatic rings. The van der Waals surface area contributed by atoms with E-state index in [1.165, 1.54) is 109 Å². The van der Waals surface area contributed by atoms with Crippen LogP contribution in [-0.2, 0) is 6.42 Å². The molecular weight excluding hydrogens is 420 g/mol. The standard InChI is InChI=1S/C31H54O3/c1-3-5-7-9-11-13-15-17-19-21-23-28-24-25-30(29(27-28)31(32)33)34-26-22-20-18-16-14-12-10-8-6-4-2/h24-25,27H,3-23,26H2,1-2H3,(H,32,33).